The van der Waals surface area contributed by atoms with Gasteiger partial charge in [-0.1, -0.05) is 73.7 Å². The van der Waals surface area contributed by atoms with Crippen LogP contribution in [0.1, 0.15) is 47.2 Å². The highest BCUT2D eigenvalue weighted by Crippen LogP contribution is 2.38. The summed E-state index contributed by atoms with van der Waals surface area (Å²) >= 11 is 0. The second-order valence-electron chi connectivity index (χ2n) is 9.47. The van der Waals surface area contributed by atoms with Gasteiger partial charge in [0.2, 0.25) is 0 Å². The van der Waals surface area contributed by atoms with Crippen LogP contribution < -0.4 is 10.1 Å². The summed E-state index contributed by atoms with van der Waals surface area (Å²) in [5.74, 6) is 0.620. The topological polar surface area (TPSA) is 54.5 Å². The largest absolute Gasteiger partial charge is 0.481 e. The van der Waals surface area contributed by atoms with E-state index in [0.717, 1.165) is 30.8 Å². The number of pyridine rings is 1. The lowest BCUT2D eigenvalue weighted by Crippen LogP contribution is -2.38. The molecule has 0 aliphatic carbocycles. The smallest absolute Gasteiger partial charge is 0.261 e. The van der Waals surface area contributed by atoms with Gasteiger partial charge in [0, 0.05) is 32.0 Å². The van der Waals surface area contributed by atoms with E-state index in [1.54, 1.807) is 12.4 Å². The molecule has 0 saturated heterocycles. The molecule has 3 aromatic carbocycles. The lowest BCUT2D eigenvalue weighted by molar-refractivity contribution is -0.128. The number of nitrogens with one attached hydrogen (secondary N) is 1. The average Bonchev–Trinajstić information content (AvgIpc) is 2.96. The summed E-state index contributed by atoms with van der Waals surface area (Å²) in [4.78, 5) is 19.5. The Balaban J connectivity index is 1.38. The SMILES string of the molecule is CC[C@H](Oc1ccc2c(c1)[C@H](c1ccccc1)N(Cc1ccccc1)CC2)C(=O)NCc1ccncc1. The number of aromatic nitrogens is 1. The van der Waals surface area contributed by atoms with Gasteiger partial charge in [0.15, 0.2) is 6.10 Å². The van der Waals surface area contributed by atoms with E-state index in [9.17, 15) is 4.79 Å². The molecule has 37 heavy (non-hydrogen) atoms. The Morgan fingerprint density at radius 1 is 0.973 bits per heavy atom. The first kappa shape index (κ1) is 24.7. The van der Waals surface area contributed by atoms with E-state index in [2.05, 4.69) is 88.0 Å². The van der Waals surface area contributed by atoms with Gasteiger partial charge in [-0.15, -0.1) is 0 Å². The molecule has 1 aromatic heterocycles. The standard InChI is InChI=1S/C32H33N3O2/c1-2-30(32(36)34-22-24-15-18-33-19-16-24)37-28-14-13-26-17-20-35(23-25-9-5-3-6-10-25)31(29(26)21-28)27-11-7-4-8-12-27/h3-16,18-19,21,30-31H,2,17,20,22-23H2,1H3,(H,34,36)/t30-,31-/m0/s1. The molecule has 5 nitrogen and oxygen atoms in total. The highest BCUT2D eigenvalue weighted by molar-refractivity contribution is 5.81. The molecule has 1 aliphatic rings. The Bertz CT molecular complexity index is 1300. The molecule has 2 atom stereocenters. The molecule has 1 aliphatic heterocycles. The predicted molar refractivity (Wildman–Crippen MR) is 146 cm³/mol. The highest BCUT2D eigenvalue weighted by Gasteiger charge is 2.29. The van der Waals surface area contributed by atoms with Gasteiger partial charge in [-0.2, -0.15) is 0 Å². The second kappa shape index (κ2) is 11.8. The van der Waals surface area contributed by atoms with Gasteiger partial charge < -0.3 is 10.1 Å². The van der Waals surface area contributed by atoms with Gasteiger partial charge in [-0.25, -0.2) is 0 Å². The van der Waals surface area contributed by atoms with Crippen molar-refractivity contribution in [3.8, 4) is 5.75 Å². The molecule has 4 aromatic rings. The zero-order valence-electron chi connectivity index (χ0n) is 21.2. The maximum Gasteiger partial charge on any atom is 0.261 e. The molecule has 0 radical (unpaired) electrons. The third-order valence-corrected chi connectivity index (χ3v) is 6.95. The number of carbonyl (C=O) groups excluding carboxylic acids is 1. The lowest BCUT2D eigenvalue weighted by Gasteiger charge is -2.38. The summed E-state index contributed by atoms with van der Waals surface area (Å²) in [6.07, 6.45) is 4.47. The van der Waals surface area contributed by atoms with Gasteiger partial charge in [0.1, 0.15) is 5.75 Å². The average molecular weight is 492 g/mol. The number of rotatable bonds is 9. The van der Waals surface area contributed by atoms with Crippen molar-refractivity contribution in [3.63, 3.8) is 0 Å². The fraction of sp³-hybridized carbons (Fsp3) is 0.250. The van der Waals surface area contributed by atoms with Crippen LogP contribution in [-0.2, 0) is 24.3 Å². The van der Waals surface area contributed by atoms with Gasteiger partial charge >= 0.3 is 0 Å². The third kappa shape index (κ3) is 6.07. The van der Waals surface area contributed by atoms with Gasteiger partial charge in [0.25, 0.3) is 5.91 Å². The second-order valence-corrected chi connectivity index (χ2v) is 9.47. The molecule has 2 heterocycles. The fourth-order valence-electron chi connectivity index (χ4n) is 5.02. The van der Waals surface area contributed by atoms with Crippen LogP contribution in [-0.4, -0.2) is 28.4 Å². The van der Waals surface area contributed by atoms with E-state index in [-0.39, 0.29) is 11.9 Å². The van der Waals surface area contributed by atoms with Crippen molar-refractivity contribution in [2.45, 2.75) is 45.0 Å². The normalized spacial score (nSPS) is 16.0. The molecule has 188 valence electrons. The van der Waals surface area contributed by atoms with Crippen LogP contribution in [0.4, 0.5) is 0 Å². The molecule has 0 bridgehead atoms. The number of ether oxygens (including phenoxy) is 1. The Morgan fingerprint density at radius 2 is 1.70 bits per heavy atom. The highest BCUT2D eigenvalue weighted by atomic mass is 16.5. The first-order valence-corrected chi connectivity index (χ1v) is 13.0. The number of carbonyl (C=O) groups is 1. The summed E-state index contributed by atoms with van der Waals surface area (Å²) in [5, 5.41) is 3.00. The van der Waals surface area contributed by atoms with Crippen LogP contribution in [0.25, 0.3) is 0 Å². The van der Waals surface area contributed by atoms with E-state index in [1.807, 2.05) is 25.1 Å². The first-order valence-electron chi connectivity index (χ1n) is 13.0. The van der Waals surface area contributed by atoms with Crippen LogP contribution in [0.2, 0.25) is 0 Å². The van der Waals surface area contributed by atoms with E-state index in [4.69, 9.17) is 4.74 Å². The first-order chi connectivity index (χ1) is 18.2. The van der Waals surface area contributed by atoms with Crippen LogP contribution >= 0.6 is 0 Å². The maximum absolute atomic E-state index is 12.9. The third-order valence-electron chi connectivity index (χ3n) is 6.95. The minimum Gasteiger partial charge on any atom is -0.481 e. The Morgan fingerprint density at radius 3 is 2.43 bits per heavy atom. The van der Waals surface area contributed by atoms with Gasteiger partial charge in [-0.3, -0.25) is 14.7 Å². The van der Waals surface area contributed by atoms with Crippen molar-refractivity contribution in [2.75, 3.05) is 6.54 Å². The summed E-state index contributed by atoms with van der Waals surface area (Å²) in [5.41, 5.74) is 6.16. The lowest BCUT2D eigenvalue weighted by atomic mass is 9.87. The quantitative estimate of drug-likeness (QED) is 0.326. The molecule has 5 rings (SSSR count). The number of benzene rings is 3. The number of amides is 1. The van der Waals surface area contributed by atoms with Crippen molar-refractivity contribution < 1.29 is 9.53 Å². The van der Waals surface area contributed by atoms with E-state index in [0.29, 0.717) is 13.0 Å². The molecular weight excluding hydrogens is 458 g/mol. The molecule has 0 unspecified atom stereocenters. The number of fused-ring (bicyclic) bond motifs is 1. The van der Waals surface area contributed by atoms with Crippen LogP contribution in [0.5, 0.6) is 5.75 Å². The molecule has 1 N–H and O–H groups in total. The molecule has 5 heteroatoms. The zero-order valence-corrected chi connectivity index (χ0v) is 21.2. The molecule has 0 saturated carbocycles. The van der Waals surface area contributed by atoms with Gasteiger partial charge in [-0.05, 0) is 64.9 Å². The van der Waals surface area contributed by atoms with Gasteiger partial charge in [0.05, 0.1) is 6.04 Å². The van der Waals surface area contributed by atoms with Crippen molar-refractivity contribution in [3.05, 3.63) is 131 Å². The molecular formula is C32H33N3O2. The summed E-state index contributed by atoms with van der Waals surface area (Å²) in [6, 6.07) is 31.5. The predicted octanol–water partition coefficient (Wildman–Crippen LogP) is 5.70. The van der Waals surface area contributed by atoms with Crippen LogP contribution in [0.15, 0.2) is 103 Å². The minimum absolute atomic E-state index is 0.109. The van der Waals surface area contributed by atoms with E-state index >= 15 is 0 Å². The molecule has 0 fully saturated rings. The number of hydrogen-bond donors (Lipinski definition) is 1. The summed E-state index contributed by atoms with van der Waals surface area (Å²) in [6.45, 7) is 4.29. The van der Waals surface area contributed by atoms with Crippen LogP contribution in [0, 0.1) is 0 Å². The molecule has 0 spiro atoms. The number of hydrogen-bond acceptors (Lipinski definition) is 4. The van der Waals surface area contributed by atoms with Crippen LogP contribution in [0.3, 0.4) is 0 Å². The number of nitrogens with zero attached hydrogens (tertiary/aromatic N) is 2. The van der Waals surface area contributed by atoms with E-state index in [1.165, 1.54) is 22.3 Å². The van der Waals surface area contributed by atoms with Crippen molar-refractivity contribution in [2.24, 2.45) is 0 Å². The zero-order chi connectivity index (χ0) is 25.5. The summed E-state index contributed by atoms with van der Waals surface area (Å²) < 4.78 is 6.27. The van der Waals surface area contributed by atoms with E-state index < -0.39 is 6.10 Å². The molecule has 1 amide bonds. The Kier molecular flexibility index (Phi) is 7.92. The maximum atomic E-state index is 12.9. The Labute approximate surface area is 219 Å². The van der Waals surface area contributed by atoms with Crippen molar-refractivity contribution in [1.29, 1.82) is 0 Å². The summed E-state index contributed by atoms with van der Waals surface area (Å²) in [7, 11) is 0. The monoisotopic (exact) mass is 491 g/mol. The van der Waals surface area contributed by atoms with Crippen molar-refractivity contribution >= 4 is 5.91 Å². The fourth-order valence-corrected chi connectivity index (χ4v) is 5.02. The van der Waals surface area contributed by atoms with Crippen molar-refractivity contribution in [1.82, 2.24) is 15.2 Å². The minimum atomic E-state index is -0.556. The Hall–Kier alpha value is -3.96.